The lowest BCUT2D eigenvalue weighted by molar-refractivity contribution is -0.384. The highest BCUT2D eigenvalue weighted by atomic mass is 19.1. The van der Waals surface area contributed by atoms with Crippen molar-refractivity contribution < 1.29 is 9.31 Å². The van der Waals surface area contributed by atoms with Gasteiger partial charge in [0.1, 0.15) is 17.3 Å². The number of rotatable bonds is 3. The van der Waals surface area contributed by atoms with Gasteiger partial charge >= 0.3 is 0 Å². The Labute approximate surface area is 136 Å². The molecule has 1 aliphatic rings. The van der Waals surface area contributed by atoms with Gasteiger partial charge in [-0.1, -0.05) is 12.1 Å². The zero-order chi connectivity index (χ0) is 16.7. The van der Waals surface area contributed by atoms with Gasteiger partial charge in [0.05, 0.1) is 10.6 Å². The maximum atomic E-state index is 14.2. The molecule has 0 aliphatic carbocycles. The summed E-state index contributed by atoms with van der Waals surface area (Å²) in [6, 6.07) is 12.7. The van der Waals surface area contributed by atoms with E-state index in [1.165, 1.54) is 18.2 Å². The number of non-ortho nitro benzene ring substituents is 1. The van der Waals surface area contributed by atoms with Crippen molar-refractivity contribution in [3.8, 4) is 16.9 Å². The molecular weight excluding hydrogens is 311 g/mol. The van der Waals surface area contributed by atoms with Crippen molar-refractivity contribution in [3.63, 3.8) is 0 Å². The third-order valence-corrected chi connectivity index (χ3v) is 4.09. The zero-order valence-electron chi connectivity index (χ0n) is 12.6. The zero-order valence-corrected chi connectivity index (χ0v) is 12.6. The molecule has 4 rings (SSSR count). The fourth-order valence-corrected chi connectivity index (χ4v) is 2.95. The lowest BCUT2D eigenvalue weighted by Gasteiger charge is -2.06. The second-order valence-electron chi connectivity index (χ2n) is 5.52. The fraction of sp³-hybridized carbons (Fsp3) is 0.118. The molecule has 1 N–H and O–H groups in total. The molecule has 0 spiro atoms. The van der Waals surface area contributed by atoms with Gasteiger partial charge in [0, 0.05) is 29.8 Å². The van der Waals surface area contributed by atoms with Gasteiger partial charge < -0.3 is 5.32 Å². The molecule has 3 aromatic rings. The predicted octanol–water partition coefficient (Wildman–Crippen LogP) is 3.55. The summed E-state index contributed by atoms with van der Waals surface area (Å²) in [5.74, 6) is 0.489. The minimum atomic E-state index is -0.444. The van der Waals surface area contributed by atoms with E-state index in [0.717, 1.165) is 24.3 Å². The molecule has 0 unspecified atom stereocenters. The second-order valence-corrected chi connectivity index (χ2v) is 5.52. The first-order valence-corrected chi connectivity index (χ1v) is 7.50. The van der Waals surface area contributed by atoms with Gasteiger partial charge in [-0.2, -0.15) is 5.10 Å². The number of benzene rings is 2. The van der Waals surface area contributed by atoms with Crippen LogP contribution in [0.15, 0.2) is 48.5 Å². The second kappa shape index (κ2) is 5.45. The Bertz CT molecular complexity index is 934. The fourth-order valence-electron chi connectivity index (χ4n) is 2.95. The van der Waals surface area contributed by atoms with Gasteiger partial charge in [0.25, 0.3) is 5.69 Å². The number of fused-ring (bicyclic) bond motifs is 1. The molecule has 24 heavy (non-hydrogen) atoms. The average Bonchev–Trinajstić information content (AvgIpc) is 3.18. The summed E-state index contributed by atoms with van der Waals surface area (Å²) in [6.07, 6.45) is 0.756. The molecule has 0 saturated carbocycles. The standard InChI is InChI=1S/C17H13FN4O2/c18-15-4-2-1-3-13(15)16-14-9-10-19-17(14)21(20-16)11-5-7-12(8-6-11)22(23)24/h1-8,19H,9-10H2. The molecule has 6 nitrogen and oxygen atoms in total. The van der Waals surface area contributed by atoms with Crippen LogP contribution < -0.4 is 5.32 Å². The van der Waals surface area contributed by atoms with Crippen molar-refractivity contribution in [2.75, 3.05) is 11.9 Å². The van der Waals surface area contributed by atoms with Crippen molar-refractivity contribution in [2.45, 2.75) is 6.42 Å². The summed E-state index contributed by atoms with van der Waals surface area (Å²) in [7, 11) is 0. The molecule has 0 amide bonds. The van der Waals surface area contributed by atoms with Crippen LogP contribution in [0.4, 0.5) is 15.9 Å². The van der Waals surface area contributed by atoms with Crippen LogP contribution in [0.25, 0.3) is 16.9 Å². The molecule has 120 valence electrons. The Kier molecular flexibility index (Phi) is 3.26. The van der Waals surface area contributed by atoms with E-state index in [2.05, 4.69) is 10.4 Å². The van der Waals surface area contributed by atoms with Crippen molar-refractivity contribution in [1.29, 1.82) is 0 Å². The molecule has 0 saturated heterocycles. The van der Waals surface area contributed by atoms with Crippen LogP contribution >= 0.6 is 0 Å². The number of nitrogens with zero attached hydrogens (tertiary/aromatic N) is 3. The normalized spacial score (nSPS) is 12.7. The van der Waals surface area contributed by atoms with Crippen LogP contribution in [0.5, 0.6) is 0 Å². The molecule has 7 heteroatoms. The predicted molar refractivity (Wildman–Crippen MR) is 87.8 cm³/mol. The molecule has 1 aliphatic heterocycles. The number of hydrogen-bond donors (Lipinski definition) is 1. The maximum Gasteiger partial charge on any atom is 0.269 e. The van der Waals surface area contributed by atoms with Crippen LogP contribution in [0.2, 0.25) is 0 Å². The van der Waals surface area contributed by atoms with Crippen LogP contribution in [0.1, 0.15) is 5.56 Å². The van der Waals surface area contributed by atoms with E-state index < -0.39 is 4.92 Å². The lowest BCUT2D eigenvalue weighted by Crippen LogP contribution is -2.04. The number of halogens is 1. The van der Waals surface area contributed by atoms with Gasteiger partial charge in [0.15, 0.2) is 0 Å². The molecule has 0 radical (unpaired) electrons. The van der Waals surface area contributed by atoms with E-state index in [-0.39, 0.29) is 11.5 Å². The summed E-state index contributed by atoms with van der Waals surface area (Å²) < 4.78 is 15.8. The van der Waals surface area contributed by atoms with Crippen molar-refractivity contribution >= 4 is 11.5 Å². The van der Waals surface area contributed by atoms with Crippen LogP contribution in [0.3, 0.4) is 0 Å². The summed E-state index contributed by atoms with van der Waals surface area (Å²) >= 11 is 0. The highest BCUT2D eigenvalue weighted by Gasteiger charge is 2.25. The number of nitrogens with one attached hydrogen (secondary N) is 1. The quantitative estimate of drug-likeness (QED) is 0.590. The Morgan fingerprint density at radius 2 is 1.92 bits per heavy atom. The molecule has 0 bridgehead atoms. The van der Waals surface area contributed by atoms with Crippen LogP contribution in [-0.4, -0.2) is 21.2 Å². The highest BCUT2D eigenvalue weighted by Crippen LogP contribution is 2.35. The van der Waals surface area contributed by atoms with E-state index in [1.807, 2.05) is 0 Å². The van der Waals surface area contributed by atoms with E-state index in [1.54, 1.807) is 35.0 Å². The Balaban J connectivity index is 1.85. The Morgan fingerprint density at radius 1 is 1.17 bits per heavy atom. The molecule has 0 fully saturated rings. The monoisotopic (exact) mass is 324 g/mol. The molecule has 0 atom stereocenters. The highest BCUT2D eigenvalue weighted by molar-refractivity contribution is 5.73. The topological polar surface area (TPSA) is 73.0 Å². The largest absolute Gasteiger partial charge is 0.369 e. The number of hydrogen-bond acceptors (Lipinski definition) is 4. The van der Waals surface area contributed by atoms with E-state index >= 15 is 0 Å². The van der Waals surface area contributed by atoms with Gasteiger partial charge in [-0.15, -0.1) is 0 Å². The van der Waals surface area contributed by atoms with E-state index in [9.17, 15) is 14.5 Å². The number of nitro groups is 1. The molecular formula is C17H13FN4O2. The lowest BCUT2D eigenvalue weighted by atomic mass is 10.1. The number of anilines is 1. The summed E-state index contributed by atoms with van der Waals surface area (Å²) in [5, 5.41) is 18.6. The van der Waals surface area contributed by atoms with E-state index in [4.69, 9.17) is 0 Å². The minimum absolute atomic E-state index is 0.0184. The Morgan fingerprint density at radius 3 is 2.62 bits per heavy atom. The van der Waals surface area contributed by atoms with Gasteiger partial charge in [-0.3, -0.25) is 10.1 Å². The first-order chi connectivity index (χ1) is 11.6. The van der Waals surface area contributed by atoms with Crippen molar-refractivity contribution in [3.05, 3.63) is 70.0 Å². The van der Waals surface area contributed by atoms with Gasteiger partial charge in [0.2, 0.25) is 0 Å². The smallest absolute Gasteiger partial charge is 0.269 e. The Hall–Kier alpha value is -3.22. The average molecular weight is 324 g/mol. The minimum Gasteiger partial charge on any atom is -0.369 e. The third kappa shape index (κ3) is 2.21. The number of aromatic nitrogens is 2. The molecule has 1 aromatic heterocycles. The van der Waals surface area contributed by atoms with E-state index in [0.29, 0.717) is 16.9 Å². The molecule has 2 heterocycles. The van der Waals surface area contributed by atoms with Gasteiger partial charge in [-0.05, 0) is 30.7 Å². The summed E-state index contributed by atoms with van der Waals surface area (Å²) in [4.78, 5) is 10.3. The third-order valence-electron chi connectivity index (χ3n) is 4.09. The van der Waals surface area contributed by atoms with Crippen LogP contribution in [-0.2, 0) is 6.42 Å². The maximum absolute atomic E-state index is 14.2. The van der Waals surface area contributed by atoms with Gasteiger partial charge in [-0.25, -0.2) is 9.07 Å². The molecule has 2 aromatic carbocycles. The first kappa shape index (κ1) is 14.4. The summed E-state index contributed by atoms with van der Waals surface area (Å²) in [6.45, 7) is 0.752. The SMILES string of the molecule is O=[N+]([O-])c1ccc(-n2nc(-c3ccccc3F)c3c2NCC3)cc1. The van der Waals surface area contributed by atoms with Crippen molar-refractivity contribution in [1.82, 2.24) is 9.78 Å². The first-order valence-electron chi connectivity index (χ1n) is 7.50. The number of nitro benzene ring substituents is 1. The van der Waals surface area contributed by atoms with Crippen LogP contribution in [0, 0.1) is 15.9 Å². The van der Waals surface area contributed by atoms with Crippen molar-refractivity contribution in [2.24, 2.45) is 0 Å². The summed E-state index contributed by atoms with van der Waals surface area (Å²) in [5.41, 5.74) is 2.72.